The van der Waals surface area contributed by atoms with Gasteiger partial charge in [-0.05, 0) is 48.9 Å². The van der Waals surface area contributed by atoms with E-state index >= 15 is 0 Å². The number of benzene rings is 2. The molecule has 3 aromatic rings. The number of anilines is 2. The van der Waals surface area contributed by atoms with Crippen molar-refractivity contribution in [2.24, 2.45) is 0 Å². The minimum Gasteiger partial charge on any atom is -0.494 e. The Balaban J connectivity index is 1.66. The topological polar surface area (TPSA) is 120 Å². The zero-order valence-electron chi connectivity index (χ0n) is 17.7. The lowest BCUT2D eigenvalue weighted by Crippen LogP contribution is -2.15. The summed E-state index contributed by atoms with van der Waals surface area (Å²) in [6.07, 6.45) is 3.15. The second-order valence-electron chi connectivity index (χ2n) is 6.76. The molecule has 0 saturated heterocycles. The number of amides is 1. The van der Waals surface area contributed by atoms with E-state index in [1.165, 1.54) is 43.8 Å². The number of carbonyl (C=O) groups is 1. The molecule has 1 heterocycles. The second-order valence-corrected chi connectivity index (χ2v) is 8.44. The molecule has 0 aliphatic rings. The number of rotatable bonds is 10. The molecule has 0 fully saturated rings. The average Bonchev–Trinajstić information content (AvgIpc) is 2.79. The molecule has 168 valence electrons. The Morgan fingerprint density at radius 2 is 1.84 bits per heavy atom. The lowest BCUT2D eigenvalue weighted by molar-refractivity contribution is 0.102. The van der Waals surface area contributed by atoms with Crippen LogP contribution in [0.2, 0.25) is 0 Å². The van der Waals surface area contributed by atoms with E-state index in [-0.39, 0.29) is 22.5 Å². The van der Waals surface area contributed by atoms with Crippen LogP contribution in [-0.4, -0.2) is 38.0 Å². The first-order valence-corrected chi connectivity index (χ1v) is 11.4. The third kappa shape index (κ3) is 6.17. The highest BCUT2D eigenvalue weighted by Gasteiger charge is 2.16. The summed E-state index contributed by atoms with van der Waals surface area (Å²) >= 11 is 0. The van der Waals surface area contributed by atoms with E-state index in [9.17, 15) is 13.2 Å². The number of nitrogens with one attached hydrogen (secondary N) is 2. The molecule has 32 heavy (non-hydrogen) atoms. The molecule has 2 aromatic carbocycles. The van der Waals surface area contributed by atoms with Crippen LogP contribution in [0.15, 0.2) is 65.8 Å². The van der Waals surface area contributed by atoms with Gasteiger partial charge in [-0.3, -0.25) is 9.52 Å². The Kier molecular flexibility index (Phi) is 7.61. The normalized spacial score (nSPS) is 10.9. The number of ether oxygens (including phenoxy) is 2. The molecule has 1 aromatic heterocycles. The molecule has 0 unspecified atom stereocenters. The van der Waals surface area contributed by atoms with Crippen molar-refractivity contribution >= 4 is 27.4 Å². The van der Waals surface area contributed by atoms with E-state index in [2.05, 4.69) is 26.9 Å². The summed E-state index contributed by atoms with van der Waals surface area (Å²) in [5.74, 6) is 0.610. The van der Waals surface area contributed by atoms with Crippen LogP contribution in [0.3, 0.4) is 0 Å². The van der Waals surface area contributed by atoms with Crippen LogP contribution in [0.25, 0.3) is 0 Å². The van der Waals surface area contributed by atoms with Crippen LogP contribution in [-0.2, 0) is 10.0 Å². The first-order chi connectivity index (χ1) is 15.4. The van der Waals surface area contributed by atoms with E-state index in [1.54, 1.807) is 24.3 Å². The molecule has 0 bridgehead atoms. The summed E-state index contributed by atoms with van der Waals surface area (Å²) in [6.45, 7) is 2.67. The first-order valence-electron chi connectivity index (χ1n) is 9.94. The molecule has 1 amide bonds. The summed E-state index contributed by atoms with van der Waals surface area (Å²) in [5, 5.41) is 2.75. The predicted octanol–water partition coefficient (Wildman–Crippen LogP) is 3.72. The van der Waals surface area contributed by atoms with Crippen molar-refractivity contribution in [1.29, 1.82) is 0 Å². The van der Waals surface area contributed by atoms with Gasteiger partial charge in [-0.1, -0.05) is 19.4 Å². The van der Waals surface area contributed by atoms with Crippen molar-refractivity contribution in [3.05, 3.63) is 66.5 Å². The fourth-order valence-corrected chi connectivity index (χ4v) is 3.68. The largest absolute Gasteiger partial charge is 0.494 e. The van der Waals surface area contributed by atoms with Gasteiger partial charge in [-0.25, -0.2) is 18.4 Å². The van der Waals surface area contributed by atoms with Gasteiger partial charge in [0.25, 0.3) is 15.9 Å². The number of sulfonamides is 1. The monoisotopic (exact) mass is 456 g/mol. The van der Waals surface area contributed by atoms with Gasteiger partial charge in [-0.15, -0.1) is 0 Å². The zero-order valence-corrected chi connectivity index (χ0v) is 18.6. The van der Waals surface area contributed by atoms with Crippen molar-refractivity contribution in [3.8, 4) is 11.6 Å². The Morgan fingerprint density at radius 3 is 2.56 bits per heavy atom. The van der Waals surface area contributed by atoms with E-state index in [4.69, 9.17) is 9.47 Å². The smallest absolute Gasteiger partial charge is 0.263 e. The van der Waals surface area contributed by atoms with Crippen LogP contribution in [0.4, 0.5) is 11.5 Å². The SMILES string of the molecule is CCCCOc1cccc(C(=O)Nc2ccc(S(=O)(=O)Nc3cc(OC)ncn3)cc2)c1. The molecular weight excluding hydrogens is 432 g/mol. The molecule has 10 heteroatoms. The lowest BCUT2D eigenvalue weighted by Gasteiger charge is -2.10. The van der Waals surface area contributed by atoms with Crippen molar-refractivity contribution in [3.63, 3.8) is 0 Å². The molecule has 9 nitrogen and oxygen atoms in total. The zero-order chi connectivity index (χ0) is 23.0. The van der Waals surface area contributed by atoms with Gasteiger partial charge in [0.15, 0.2) is 0 Å². The fraction of sp³-hybridized carbons (Fsp3) is 0.227. The van der Waals surface area contributed by atoms with Gasteiger partial charge in [0.2, 0.25) is 5.88 Å². The third-order valence-electron chi connectivity index (χ3n) is 4.38. The van der Waals surface area contributed by atoms with Crippen molar-refractivity contribution in [1.82, 2.24) is 9.97 Å². The highest BCUT2D eigenvalue weighted by atomic mass is 32.2. The number of nitrogens with zero attached hydrogens (tertiary/aromatic N) is 2. The van der Waals surface area contributed by atoms with Crippen LogP contribution in [0, 0.1) is 0 Å². The molecule has 0 aliphatic heterocycles. The van der Waals surface area contributed by atoms with Crippen molar-refractivity contribution in [2.45, 2.75) is 24.7 Å². The van der Waals surface area contributed by atoms with Crippen LogP contribution >= 0.6 is 0 Å². The van der Waals surface area contributed by atoms with E-state index in [0.29, 0.717) is 23.6 Å². The first kappa shape index (κ1) is 23.0. The predicted molar refractivity (Wildman–Crippen MR) is 121 cm³/mol. The molecule has 0 aliphatic carbocycles. The summed E-state index contributed by atoms with van der Waals surface area (Å²) < 4.78 is 38.1. The average molecular weight is 457 g/mol. The van der Waals surface area contributed by atoms with Gasteiger partial charge >= 0.3 is 0 Å². The maximum Gasteiger partial charge on any atom is 0.263 e. The number of hydrogen-bond acceptors (Lipinski definition) is 7. The fourth-order valence-electron chi connectivity index (χ4n) is 2.69. The van der Waals surface area contributed by atoms with Crippen molar-refractivity contribution in [2.75, 3.05) is 23.8 Å². The van der Waals surface area contributed by atoms with Gasteiger partial charge in [0.05, 0.1) is 18.6 Å². The summed E-state index contributed by atoms with van der Waals surface area (Å²) in [6, 6.07) is 14.1. The molecule has 2 N–H and O–H groups in total. The summed E-state index contributed by atoms with van der Waals surface area (Å²) in [7, 11) is -2.46. The maximum atomic E-state index is 12.6. The minimum absolute atomic E-state index is 0.0133. The molecule has 0 saturated carbocycles. The van der Waals surface area contributed by atoms with Gasteiger partial charge in [0.1, 0.15) is 17.9 Å². The Hall–Kier alpha value is -3.66. The van der Waals surface area contributed by atoms with Crippen molar-refractivity contribution < 1.29 is 22.7 Å². The highest BCUT2D eigenvalue weighted by Crippen LogP contribution is 2.20. The molecule has 3 rings (SSSR count). The van der Waals surface area contributed by atoms with Crippen LogP contribution in [0.1, 0.15) is 30.1 Å². The Bertz CT molecular complexity index is 1170. The summed E-state index contributed by atoms with van der Waals surface area (Å²) in [4.78, 5) is 20.3. The maximum absolute atomic E-state index is 12.6. The number of unbranched alkanes of at least 4 members (excludes halogenated alkanes) is 1. The Labute approximate surface area is 186 Å². The highest BCUT2D eigenvalue weighted by molar-refractivity contribution is 7.92. The van der Waals surface area contributed by atoms with Crippen LogP contribution in [0.5, 0.6) is 11.6 Å². The summed E-state index contributed by atoms with van der Waals surface area (Å²) in [5.41, 5.74) is 0.894. The Morgan fingerprint density at radius 1 is 1.06 bits per heavy atom. The number of hydrogen-bond donors (Lipinski definition) is 2. The minimum atomic E-state index is -3.88. The number of aromatic nitrogens is 2. The van der Waals surface area contributed by atoms with E-state index in [0.717, 1.165) is 12.8 Å². The third-order valence-corrected chi connectivity index (χ3v) is 5.75. The van der Waals surface area contributed by atoms with Gasteiger partial charge in [0, 0.05) is 17.3 Å². The lowest BCUT2D eigenvalue weighted by atomic mass is 10.2. The quantitative estimate of drug-likeness (QED) is 0.446. The van der Waals surface area contributed by atoms with E-state index in [1.807, 2.05) is 0 Å². The van der Waals surface area contributed by atoms with Crippen LogP contribution < -0.4 is 19.5 Å². The number of carbonyl (C=O) groups excluding carboxylic acids is 1. The molecule has 0 radical (unpaired) electrons. The van der Waals surface area contributed by atoms with Gasteiger partial charge in [-0.2, -0.15) is 0 Å². The molecule has 0 atom stereocenters. The van der Waals surface area contributed by atoms with Gasteiger partial charge < -0.3 is 14.8 Å². The van der Waals surface area contributed by atoms with E-state index < -0.39 is 10.0 Å². The molecular formula is C22H24N4O5S. The standard InChI is InChI=1S/C22H24N4O5S/c1-3-4-12-31-18-7-5-6-16(13-18)22(27)25-17-8-10-19(11-9-17)32(28,29)26-20-14-21(30-2)24-15-23-20/h5-11,13-15H,3-4,12H2,1-2H3,(H,25,27)(H,23,24,26). The molecule has 0 spiro atoms. The second kappa shape index (κ2) is 10.6. The number of methoxy groups -OCH3 is 1.